The van der Waals surface area contributed by atoms with E-state index in [2.05, 4.69) is 260 Å². The molecule has 7 aromatic carbocycles. The van der Waals surface area contributed by atoms with Crippen LogP contribution in [0.3, 0.4) is 0 Å². The molecule has 3 nitrogen and oxygen atoms in total. The van der Waals surface area contributed by atoms with E-state index in [-0.39, 0.29) is 44.6 Å². The second-order valence-corrected chi connectivity index (χ2v) is 28.8. The SMILES string of the molecule is Cc1cc2c(cc1N1c3cc4c(cc3B3c5ccc(C(C)(C)C)cc5N(c5ccc6c(c5C)C(C)(C)CCC6(C)C)c5cc(N(c6ccccc6)c6ccccc6)cc1c53)C(C)(C)CCC4(C)C)C(C)(C)CC2(C)C. The Kier molecular flexibility index (Phi) is 10.8. The summed E-state index contributed by atoms with van der Waals surface area (Å²) in [5.74, 6) is 0. The van der Waals surface area contributed by atoms with Gasteiger partial charge in [0, 0.05) is 45.5 Å². The van der Waals surface area contributed by atoms with Gasteiger partial charge in [-0.15, -0.1) is 0 Å². The molecule has 2 heterocycles. The first-order valence-corrected chi connectivity index (χ1v) is 28.4. The van der Waals surface area contributed by atoms with Crippen molar-refractivity contribution in [2.45, 2.75) is 188 Å². The van der Waals surface area contributed by atoms with Gasteiger partial charge in [-0.3, -0.25) is 0 Å². The van der Waals surface area contributed by atoms with Gasteiger partial charge in [0.1, 0.15) is 0 Å². The Labute approximate surface area is 451 Å². The van der Waals surface area contributed by atoms with Crippen LogP contribution in [0.2, 0.25) is 0 Å². The van der Waals surface area contributed by atoms with Crippen LogP contribution in [0.25, 0.3) is 0 Å². The fourth-order valence-corrected chi connectivity index (χ4v) is 15.4. The van der Waals surface area contributed by atoms with Crippen LogP contribution in [-0.4, -0.2) is 6.71 Å². The Balaban J connectivity index is 1.27. The Morgan fingerprint density at radius 2 is 0.893 bits per heavy atom. The van der Waals surface area contributed by atoms with Crippen LogP contribution >= 0.6 is 0 Å². The second-order valence-electron chi connectivity index (χ2n) is 28.8. The number of fused-ring (bicyclic) bond motifs is 7. The molecular formula is C71H82BN3. The molecule has 0 saturated carbocycles. The minimum absolute atomic E-state index is 0.0120. The Morgan fingerprint density at radius 1 is 0.413 bits per heavy atom. The summed E-state index contributed by atoms with van der Waals surface area (Å²) in [6.07, 6.45) is 5.79. The number of nitrogens with zero attached hydrogens (tertiary/aromatic N) is 3. The molecule has 0 N–H and O–H groups in total. The van der Waals surface area contributed by atoms with E-state index in [0.717, 1.165) is 36.3 Å². The number of benzene rings is 7. The molecule has 0 atom stereocenters. The van der Waals surface area contributed by atoms with Gasteiger partial charge < -0.3 is 14.7 Å². The van der Waals surface area contributed by atoms with E-state index in [1.54, 1.807) is 0 Å². The first-order chi connectivity index (χ1) is 35.1. The molecule has 0 amide bonds. The average molecular weight is 988 g/mol. The van der Waals surface area contributed by atoms with Gasteiger partial charge in [0.05, 0.1) is 5.69 Å². The first kappa shape index (κ1) is 49.9. The zero-order valence-corrected chi connectivity index (χ0v) is 48.6. The number of aryl methyl sites for hydroxylation is 1. The van der Waals surface area contributed by atoms with E-state index in [4.69, 9.17) is 0 Å². The van der Waals surface area contributed by atoms with Crippen LogP contribution < -0.4 is 31.1 Å². The van der Waals surface area contributed by atoms with Gasteiger partial charge in [-0.05, 0) is 211 Å². The highest BCUT2D eigenvalue weighted by Crippen LogP contribution is 2.57. The lowest BCUT2D eigenvalue weighted by molar-refractivity contribution is 0.330. The van der Waals surface area contributed by atoms with Crippen LogP contribution in [0.15, 0.2) is 127 Å². The molecule has 0 bridgehead atoms. The van der Waals surface area contributed by atoms with Crippen LogP contribution in [0.4, 0.5) is 51.2 Å². The third-order valence-corrected chi connectivity index (χ3v) is 19.6. The molecule has 7 aromatic rings. The summed E-state index contributed by atoms with van der Waals surface area (Å²) in [6.45, 7) is 41.8. The number of para-hydroxylation sites is 2. The largest absolute Gasteiger partial charge is 0.311 e. The van der Waals surface area contributed by atoms with E-state index in [9.17, 15) is 0 Å². The molecule has 4 heteroatoms. The molecule has 0 saturated heterocycles. The predicted molar refractivity (Wildman–Crippen MR) is 325 cm³/mol. The van der Waals surface area contributed by atoms with Gasteiger partial charge in [-0.1, -0.05) is 171 Å². The Hall–Kier alpha value is -6.00. The highest BCUT2D eigenvalue weighted by Gasteiger charge is 2.49. The summed E-state index contributed by atoms with van der Waals surface area (Å²) in [4.78, 5) is 8.00. The molecule has 2 aliphatic heterocycles. The smallest absolute Gasteiger partial charge is 0.252 e. The molecule has 0 aromatic heterocycles. The van der Waals surface area contributed by atoms with E-state index in [1.165, 1.54) is 113 Å². The van der Waals surface area contributed by atoms with Crippen molar-refractivity contribution in [1.29, 1.82) is 0 Å². The van der Waals surface area contributed by atoms with E-state index in [0.29, 0.717) is 0 Å². The fourth-order valence-electron chi connectivity index (χ4n) is 15.4. The summed E-state index contributed by atoms with van der Waals surface area (Å²) in [5, 5.41) is 0. The molecule has 75 heavy (non-hydrogen) atoms. The number of anilines is 9. The van der Waals surface area contributed by atoms with Gasteiger partial charge in [-0.2, -0.15) is 0 Å². The lowest BCUT2D eigenvalue weighted by Crippen LogP contribution is -2.62. The molecule has 3 aliphatic carbocycles. The number of hydrogen-bond acceptors (Lipinski definition) is 3. The lowest BCUT2D eigenvalue weighted by Gasteiger charge is -2.49. The monoisotopic (exact) mass is 988 g/mol. The summed E-state index contributed by atoms with van der Waals surface area (Å²) >= 11 is 0. The molecule has 384 valence electrons. The number of hydrogen-bond donors (Lipinski definition) is 0. The minimum Gasteiger partial charge on any atom is -0.311 e. The standard InChI is InChI=1S/C71H82BN3/c1-44-36-51-54(71(16,17)43-70(51,14)15)41-58(44)75-60-42-53-52(67(8,9)32-33-68(53,10)11)40-56(60)72-55-30-28-46(65(3,4)5)37-59(55)74(57-31-29-50-63(45(57)2)69(12,13)35-34-66(50,6)7)61-38-49(39-62(75)64(61)72)73(47-24-20-18-21-25-47)48-26-22-19-23-27-48/h18-31,36-42H,32-35,43H2,1-17H3. The van der Waals surface area contributed by atoms with Crippen LogP contribution in [0.5, 0.6) is 0 Å². The molecule has 0 fully saturated rings. The van der Waals surface area contributed by atoms with Crippen LogP contribution in [0, 0.1) is 13.8 Å². The van der Waals surface area contributed by atoms with Gasteiger partial charge >= 0.3 is 0 Å². The van der Waals surface area contributed by atoms with Crippen LogP contribution in [0.1, 0.15) is 186 Å². The molecule has 0 spiro atoms. The lowest BCUT2D eigenvalue weighted by atomic mass is 9.33. The summed E-state index contributed by atoms with van der Waals surface area (Å²) < 4.78 is 0. The summed E-state index contributed by atoms with van der Waals surface area (Å²) in [6, 6.07) is 50.5. The Morgan fingerprint density at radius 3 is 1.47 bits per heavy atom. The topological polar surface area (TPSA) is 9.72 Å². The molecular weight excluding hydrogens is 906 g/mol. The maximum absolute atomic E-state index is 2.76. The molecule has 5 aliphatic rings. The van der Waals surface area contributed by atoms with Crippen molar-refractivity contribution < 1.29 is 0 Å². The van der Waals surface area contributed by atoms with Crippen molar-refractivity contribution in [3.8, 4) is 0 Å². The quantitative estimate of drug-likeness (QED) is 0.159. The first-order valence-electron chi connectivity index (χ1n) is 28.4. The maximum Gasteiger partial charge on any atom is 0.252 e. The fraction of sp³-hybridized carbons (Fsp3) is 0.408. The van der Waals surface area contributed by atoms with E-state index >= 15 is 0 Å². The maximum atomic E-state index is 2.76. The summed E-state index contributed by atoms with van der Waals surface area (Å²) in [7, 11) is 0. The third kappa shape index (κ3) is 7.56. The zero-order chi connectivity index (χ0) is 53.3. The van der Waals surface area contributed by atoms with Crippen LogP contribution in [-0.2, 0) is 37.9 Å². The highest BCUT2D eigenvalue weighted by molar-refractivity contribution is 7.00. The number of rotatable bonds is 5. The van der Waals surface area contributed by atoms with Gasteiger partial charge in [0.2, 0.25) is 0 Å². The highest BCUT2D eigenvalue weighted by atomic mass is 15.2. The van der Waals surface area contributed by atoms with Crippen molar-refractivity contribution in [2.24, 2.45) is 0 Å². The van der Waals surface area contributed by atoms with Crippen molar-refractivity contribution in [2.75, 3.05) is 14.7 Å². The second kappa shape index (κ2) is 16.3. The predicted octanol–water partition coefficient (Wildman–Crippen LogP) is 17.8. The van der Waals surface area contributed by atoms with Crippen molar-refractivity contribution in [1.82, 2.24) is 0 Å². The van der Waals surface area contributed by atoms with Crippen molar-refractivity contribution in [3.05, 3.63) is 177 Å². The van der Waals surface area contributed by atoms with Gasteiger partial charge in [0.15, 0.2) is 0 Å². The average Bonchev–Trinajstić information content (AvgIpc) is 3.54. The summed E-state index contributed by atoms with van der Waals surface area (Å²) in [5.41, 5.74) is 28.6. The van der Waals surface area contributed by atoms with Crippen molar-refractivity contribution in [3.63, 3.8) is 0 Å². The van der Waals surface area contributed by atoms with Gasteiger partial charge in [0.25, 0.3) is 6.71 Å². The normalized spacial score (nSPS) is 19.6. The van der Waals surface area contributed by atoms with E-state index in [1.807, 2.05) is 0 Å². The van der Waals surface area contributed by atoms with Gasteiger partial charge in [-0.25, -0.2) is 0 Å². The van der Waals surface area contributed by atoms with Crippen molar-refractivity contribution >= 4 is 74.3 Å². The molecule has 0 radical (unpaired) electrons. The Bertz CT molecular complexity index is 3450. The minimum atomic E-state index is -0.0638. The third-order valence-electron chi connectivity index (χ3n) is 19.6. The zero-order valence-electron chi connectivity index (χ0n) is 48.6. The van der Waals surface area contributed by atoms with E-state index < -0.39 is 0 Å². The molecule has 12 rings (SSSR count). The molecule has 0 unspecified atom stereocenters.